The maximum Gasteiger partial charge on any atom is 0.0702 e. The molecule has 1 aliphatic heterocycles. The van der Waals surface area contributed by atoms with E-state index in [1.807, 2.05) is 6.07 Å². The van der Waals surface area contributed by atoms with Crippen LogP contribution in [0, 0.1) is 0 Å². The number of piperidine rings is 1. The van der Waals surface area contributed by atoms with Gasteiger partial charge in [-0.3, -0.25) is 4.98 Å². The third kappa shape index (κ3) is 2.43. The van der Waals surface area contributed by atoms with Gasteiger partial charge in [-0.1, -0.05) is 15.9 Å². The second-order valence-electron chi connectivity index (χ2n) is 5.18. The highest BCUT2D eigenvalue weighted by Crippen LogP contribution is 2.29. The van der Waals surface area contributed by atoms with Crippen LogP contribution in [0.4, 0.5) is 0 Å². The van der Waals surface area contributed by atoms with E-state index in [2.05, 4.69) is 57.3 Å². The number of benzene rings is 1. The molecule has 0 aliphatic carbocycles. The van der Waals surface area contributed by atoms with E-state index in [1.54, 1.807) is 0 Å². The quantitative estimate of drug-likeness (QED) is 0.796. The maximum absolute atomic E-state index is 4.58. The Morgan fingerprint density at radius 1 is 1.22 bits per heavy atom. The van der Waals surface area contributed by atoms with Gasteiger partial charge >= 0.3 is 0 Å². The lowest BCUT2D eigenvalue weighted by Crippen LogP contribution is -2.29. The molecule has 1 saturated heterocycles. The van der Waals surface area contributed by atoms with Gasteiger partial charge in [0.15, 0.2) is 0 Å². The number of halogens is 1. The summed E-state index contributed by atoms with van der Waals surface area (Å²) in [6.45, 7) is 2.39. The largest absolute Gasteiger partial charge is 0.306 e. The van der Waals surface area contributed by atoms with E-state index in [0.717, 1.165) is 9.99 Å². The fourth-order valence-electron chi connectivity index (χ4n) is 2.68. The number of rotatable bonds is 1. The molecular formula is C15H17BrN2. The average molecular weight is 305 g/mol. The highest BCUT2D eigenvalue weighted by molar-refractivity contribution is 9.10. The van der Waals surface area contributed by atoms with Crippen molar-refractivity contribution >= 4 is 26.8 Å². The third-order valence-corrected chi connectivity index (χ3v) is 4.35. The first-order valence-corrected chi connectivity index (χ1v) is 7.25. The Balaban J connectivity index is 1.92. The van der Waals surface area contributed by atoms with Crippen LogP contribution in [0.2, 0.25) is 0 Å². The van der Waals surface area contributed by atoms with E-state index in [-0.39, 0.29) is 0 Å². The summed E-state index contributed by atoms with van der Waals surface area (Å²) in [5.41, 5.74) is 2.48. The van der Waals surface area contributed by atoms with Crippen LogP contribution in [0.3, 0.4) is 0 Å². The zero-order valence-corrected chi connectivity index (χ0v) is 12.2. The molecule has 0 amide bonds. The van der Waals surface area contributed by atoms with Gasteiger partial charge in [0.2, 0.25) is 0 Å². The van der Waals surface area contributed by atoms with Crippen LogP contribution in [-0.2, 0) is 0 Å². The molecule has 0 spiro atoms. The Morgan fingerprint density at radius 2 is 2.00 bits per heavy atom. The van der Waals surface area contributed by atoms with Gasteiger partial charge in [0.05, 0.1) is 5.52 Å². The van der Waals surface area contributed by atoms with Crippen LogP contribution >= 0.6 is 15.9 Å². The molecule has 0 N–H and O–H groups in total. The molecule has 94 valence electrons. The summed E-state index contributed by atoms with van der Waals surface area (Å²) in [4.78, 5) is 6.99. The van der Waals surface area contributed by atoms with Gasteiger partial charge in [0.25, 0.3) is 0 Å². The summed E-state index contributed by atoms with van der Waals surface area (Å²) in [6, 6.07) is 8.58. The van der Waals surface area contributed by atoms with Gasteiger partial charge in [-0.15, -0.1) is 0 Å². The number of pyridine rings is 1. The van der Waals surface area contributed by atoms with Crippen molar-refractivity contribution in [3.05, 3.63) is 40.5 Å². The first kappa shape index (κ1) is 12.1. The second-order valence-corrected chi connectivity index (χ2v) is 6.10. The van der Waals surface area contributed by atoms with Gasteiger partial charge in [-0.25, -0.2) is 0 Å². The van der Waals surface area contributed by atoms with Crippen molar-refractivity contribution in [1.29, 1.82) is 0 Å². The van der Waals surface area contributed by atoms with Crippen molar-refractivity contribution in [1.82, 2.24) is 9.88 Å². The van der Waals surface area contributed by atoms with E-state index < -0.39 is 0 Å². The Bertz CT molecular complexity index is 559. The molecule has 3 rings (SSSR count). The van der Waals surface area contributed by atoms with Crippen LogP contribution < -0.4 is 0 Å². The van der Waals surface area contributed by atoms with Crippen LogP contribution in [0.1, 0.15) is 24.3 Å². The fraction of sp³-hybridized carbons (Fsp3) is 0.400. The minimum atomic E-state index is 0.678. The van der Waals surface area contributed by atoms with E-state index in [1.165, 1.54) is 36.9 Å². The maximum atomic E-state index is 4.58. The number of aromatic nitrogens is 1. The van der Waals surface area contributed by atoms with Gasteiger partial charge in [0.1, 0.15) is 0 Å². The third-order valence-electron chi connectivity index (χ3n) is 3.85. The number of likely N-dealkylation sites (tertiary alicyclic amines) is 1. The topological polar surface area (TPSA) is 16.1 Å². The number of nitrogens with zero attached hydrogens (tertiary/aromatic N) is 2. The Hall–Kier alpha value is -0.930. The fourth-order valence-corrected chi connectivity index (χ4v) is 3.06. The van der Waals surface area contributed by atoms with Crippen molar-refractivity contribution in [2.75, 3.05) is 20.1 Å². The molecule has 0 atom stereocenters. The molecule has 18 heavy (non-hydrogen) atoms. The molecule has 2 nitrogen and oxygen atoms in total. The monoisotopic (exact) mass is 304 g/mol. The smallest absolute Gasteiger partial charge is 0.0702 e. The SMILES string of the molecule is CN1CCC(c2cnc3ccc(Br)cc3c2)CC1. The number of hydrogen-bond acceptors (Lipinski definition) is 2. The van der Waals surface area contributed by atoms with Gasteiger partial charge in [0, 0.05) is 16.1 Å². The first-order valence-electron chi connectivity index (χ1n) is 6.46. The molecule has 1 aromatic heterocycles. The molecule has 2 aromatic rings. The van der Waals surface area contributed by atoms with E-state index >= 15 is 0 Å². The standard InChI is InChI=1S/C15H17BrN2/c1-18-6-4-11(5-7-18)13-8-12-9-14(16)2-3-15(12)17-10-13/h2-3,8-11H,4-7H2,1H3. The normalized spacial score (nSPS) is 18.3. The zero-order chi connectivity index (χ0) is 12.5. The average Bonchev–Trinajstić information content (AvgIpc) is 2.38. The molecule has 1 aromatic carbocycles. The molecule has 1 aliphatic rings. The zero-order valence-electron chi connectivity index (χ0n) is 10.6. The van der Waals surface area contributed by atoms with E-state index in [4.69, 9.17) is 0 Å². The summed E-state index contributed by atoms with van der Waals surface area (Å²) >= 11 is 3.53. The van der Waals surface area contributed by atoms with Gasteiger partial charge in [-0.2, -0.15) is 0 Å². The van der Waals surface area contributed by atoms with Crippen molar-refractivity contribution in [2.45, 2.75) is 18.8 Å². The van der Waals surface area contributed by atoms with Crippen molar-refractivity contribution < 1.29 is 0 Å². The van der Waals surface area contributed by atoms with E-state index in [0.29, 0.717) is 5.92 Å². The number of hydrogen-bond donors (Lipinski definition) is 0. The first-order chi connectivity index (χ1) is 8.72. The van der Waals surface area contributed by atoms with Crippen LogP contribution in [0.5, 0.6) is 0 Å². The lowest BCUT2D eigenvalue weighted by Gasteiger charge is -2.29. The van der Waals surface area contributed by atoms with Crippen LogP contribution in [0.25, 0.3) is 10.9 Å². The minimum absolute atomic E-state index is 0.678. The molecule has 0 unspecified atom stereocenters. The van der Waals surface area contributed by atoms with Crippen LogP contribution in [-0.4, -0.2) is 30.0 Å². The molecule has 1 fully saturated rings. The molecule has 2 heterocycles. The second kappa shape index (κ2) is 4.98. The Morgan fingerprint density at radius 3 is 2.78 bits per heavy atom. The highest BCUT2D eigenvalue weighted by Gasteiger charge is 2.18. The van der Waals surface area contributed by atoms with E-state index in [9.17, 15) is 0 Å². The number of fused-ring (bicyclic) bond motifs is 1. The Labute approximate surface area is 116 Å². The molecule has 3 heteroatoms. The summed E-state index contributed by atoms with van der Waals surface area (Å²) in [7, 11) is 2.20. The van der Waals surface area contributed by atoms with Gasteiger partial charge in [-0.05, 0) is 68.7 Å². The summed E-state index contributed by atoms with van der Waals surface area (Å²) in [5, 5.41) is 1.24. The van der Waals surface area contributed by atoms with Crippen LogP contribution in [0.15, 0.2) is 34.9 Å². The van der Waals surface area contributed by atoms with Crippen molar-refractivity contribution in [2.24, 2.45) is 0 Å². The molecule has 0 radical (unpaired) electrons. The molecule has 0 saturated carbocycles. The lowest BCUT2D eigenvalue weighted by molar-refractivity contribution is 0.255. The lowest BCUT2D eigenvalue weighted by atomic mass is 9.90. The van der Waals surface area contributed by atoms with Gasteiger partial charge < -0.3 is 4.90 Å². The molecular weight excluding hydrogens is 288 g/mol. The Kier molecular flexibility index (Phi) is 3.35. The highest BCUT2D eigenvalue weighted by atomic mass is 79.9. The predicted octanol–water partition coefficient (Wildman–Crippen LogP) is 3.81. The molecule has 0 bridgehead atoms. The predicted molar refractivity (Wildman–Crippen MR) is 78.9 cm³/mol. The summed E-state index contributed by atoms with van der Waals surface area (Å²) in [6.07, 6.45) is 4.56. The summed E-state index contributed by atoms with van der Waals surface area (Å²) < 4.78 is 1.12. The van der Waals surface area contributed by atoms with Crippen molar-refractivity contribution in [3.63, 3.8) is 0 Å². The summed E-state index contributed by atoms with van der Waals surface area (Å²) in [5.74, 6) is 0.678. The van der Waals surface area contributed by atoms with Crippen molar-refractivity contribution in [3.8, 4) is 0 Å². The minimum Gasteiger partial charge on any atom is -0.306 e.